The molecule has 1 heterocycles. The molecule has 0 saturated carbocycles. The summed E-state index contributed by atoms with van der Waals surface area (Å²) >= 11 is 6.07. The lowest BCUT2D eigenvalue weighted by atomic mass is 10.2. The molecule has 0 atom stereocenters. The van der Waals surface area contributed by atoms with Crippen molar-refractivity contribution in [2.45, 2.75) is 6.42 Å². The van der Waals surface area contributed by atoms with Gasteiger partial charge in [0.15, 0.2) is 6.54 Å². The van der Waals surface area contributed by atoms with Crippen molar-refractivity contribution < 1.29 is 14.1 Å². The van der Waals surface area contributed by atoms with Crippen LogP contribution in [0.1, 0.15) is 6.42 Å². The number of quaternary nitrogens is 1. The smallest absolute Gasteiger partial charge is 0.282 e. The Morgan fingerprint density at radius 1 is 1.21 bits per heavy atom. The highest BCUT2D eigenvalue weighted by molar-refractivity contribution is 6.30. The summed E-state index contributed by atoms with van der Waals surface area (Å²) in [7, 11) is 0. The minimum Gasteiger partial charge on any atom is -0.360 e. The topological polar surface area (TPSA) is 51.8 Å². The van der Waals surface area contributed by atoms with Crippen molar-refractivity contribution in [3.05, 3.63) is 59.4 Å². The van der Waals surface area contributed by atoms with Gasteiger partial charge in [0.2, 0.25) is 0 Å². The molecule has 3 rings (SSSR count). The zero-order chi connectivity index (χ0) is 19.9. The number of hydrogen-bond donors (Lipinski definition) is 1. The van der Waals surface area contributed by atoms with Gasteiger partial charge in [-0.15, -0.1) is 0 Å². The number of benzene rings is 2. The third kappa shape index (κ3) is 5.00. The molecule has 7 heteroatoms. The molecule has 2 aromatic rings. The van der Waals surface area contributed by atoms with Crippen molar-refractivity contribution in [2.24, 2.45) is 0 Å². The molecule has 28 heavy (non-hydrogen) atoms. The third-order valence-electron chi connectivity index (χ3n) is 4.94. The van der Waals surface area contributed by atoms with E-state index in [-0.39, 0.29) is 31.1 Å². The van der Waals surface area contributed by atoms with Crippen molar-refractivity contribution in [3.63, 3.8) is 0 Å². The molecule has 2 aromatic carbocycles. The molecule has 5 nitrogen and oxygen atoms in total. The van der Waals surface area contributed by atoms with Crippen LogP contribution in [0.2, 0.25) is 5.02 Å². The SMILES string of the molecule is N#CCCN(C(=O)C[NH+]1CCN(c2cccc(Cl)c2)CC1)c1ccccc1F. The summed E-state index contributed by atoms with van der Waals surface area (Å²) in [6.45, 7) is 3.73. The molecule has 1 saturated heterocycles. The van der Waals surface area contributed by atoms with Gasteiger partial charge in [0.1, 0.15) is 5.82 Å². The third-order valence-corrected chi connectivity index (χ3v) is 5.17. The van der Waals surface area contributed by atoms with Gasteiger partial charge in [0.25, 0.3) is 5.91 Å². The second-order valence-electron chi connectivity index (χ2n) is 6.80. The maximum Gasteiger partial charge on any atom is 0.282 e. The second kappa shape index (κ2) is 9.54. The molecule has 146 valence electrons. The molecule has 1 aliphatic heterocycles. The summed E-state index contributed by atoms with van der Waals surface area (Å²) in [5.74, 6) is -0.610. The van der Waals surface area contributed by atoms with Gasteiger partial charge < -0.3 is 14.7 Å². The van der Waals surface area contributed by atoms with Crippen molar-refractivity contribution >= 4 is 28.9 Å². The van der Waals surface area contributed by atoms with Gasteiger partial charge in [0.05, 0.1) is 44.4 Å². The lowest BCUT2D eigenvalue weighted by Crippen LogP contribution is -3.16. The Labute approximate surface area is 169 Å². The summed E-state index contributed by atoms with van der Waals surface area (Å²) in [5, 5.41) is 9.60. The van der Waals surface area contributed by atoms with Crippen LogP contribution < -0.4 is 14.7 Å². The van der Waals surface area contributed by atoms with Crippen LogP contribution in [0.25, 0.3) is 0 Å². The van der Waals surface area contributed by atoms with E-state index in [1.54, 1.807) is 18.2 Å². The molecule has 0 bridgehead atoms. The number of para-hydroxylation sites is 1. The lowest BCUT2D eigenvalue weighted by Gasteiger charge is -2.34. The van der Waals surface area contributed by atoms with E-state index < -0.39 is 5.82 Å². The summed E-state index contributed by atoms with van der Waals surface area (Å²) in [6.07, 6.45) is 0.165. The van der Waals surface area contributed by atoms with Crippen LogP contribution in [0, 0.1) is 17.1 Å². The largest absolute Gasteiger partial charge is 0.360 e. The Morgan fingerprint density at radius 3 is 2.64 bits per heavy atom. The average Bonchev–Trinajstić information content (AvgIpc) is 2.70. The van der Waals surface area contributed by atoms with E-state index in [0.717, 1.165) is 36.8 Å². The van der Waals surface area contributed by atoms with Crippen LogP contribution in [0.15, 0.2) is 48.5 Å². The Balaban J connectivity index is 1.61. The molecule has 0 aromatic heterocycles. The second-order valence-corrected chi connectivity index (χ2v) is 7.24. The van der Waals surface area contributed by atoms with Crippen LogP contribution in [-0.2, 0) is 4.79 Å². The molecule has 1 fully saturated rings. The summed E-state index contributed by atoms with van der Waals surface area (Å²) in [5.41, 5.74) is 1.32. The number of nitrogens with zero attached hydrogens (tertiary/aromatic N) is 3. The first-order valence-electron chi connectivity index (χ1n) is 9.34. The first-order chi connectivity index (χ1) is 13.6. The fourth-order valence-corrected chi connectivity index (χ4v) is 3.64. The van der Waals surface area contributed by atoms with Gasteiger partial charge in [-0.05, 0) is 30.3 Å². The van der Waals surface area contributed by atoms with Gasteiger partial charge in [-0.25, -0.2) is 4.39 Å². The van der Waals surface area contributed by atoms with Crippen LogP contribution in [0.5, 0.6) is 0 Å². The van der Waals surface area contributed by atoms with E-state index in [4.69, 9.17) is 16.9 Å². The monoisotopic (exact) mass is 401 g/mol. The summed E-state index contributed by atoms with van der Waals surface area (Å²) in [4.78, 5) is 17.7. The number of nitrogens with one attached hydrogen (secondary N) is 1. The van der Waals surface area contributed by atoms with Gasteiger partial charge in [0, 0.05) is 17.3 Å². The fraction of sp³-hybridized carbons (Fsp3) is 0.333. The molecule has 0 unspecified atom stereocenters. The average molecular weight is 402 g/mol. The highest BCUT2D eigenvalue weighted by Crippen LogP contribution is 2.20. The summed E-state index contributed by atoms with van der Waals surface area (Å²) < 4.78 is 14.2. The minimum absolute atomic E-state index is 0.161. The number of rotatable bonds is 6. The number of piperazine rings is 1. The van der Waals surface area contributed by atoms with E-state index in [9.17, 15) is 9.18 Å². The van der Waals surface area contributed by atoms with Crippen molar-refractivity contribution in [3.8, 4) is 6.07 Å². The molecular formula is C21H23ClFN4O+. The quantitative estimate of drug-likeness (QED) is 0.806. The van der Waals surface area contributed by atoms with E-state index in [1.165, 1.54) is 11.0 Å². The van der Waals surface area contributed by atoms with Crippen LogP contribution >= 0.6 is 11.6 Å². The molecule has 1 aliphatic rings. The number of amides is 1. The first kappa shape index (κ1) is 20.1. The van der Waals surface area contributed by atoms with Gasteiger partial charge in [-0.3, -0.25) is 4.79 Å². The number of halogens is 2. The van der Waals surface area contributed by atoms with Crippen LogP contribution in [-0.4, -0.2) is 45.2 Å². The molecule has 1 amide bonds. The van der Waals surface area contributed by atoms with Gasteiger partial charge in [-0.1, -0.05) is 29.8 Å². The van der Waals surface area contributed by atoms with Crippen LogP contribution in [0.3, 0.4) is 0 Å². The number of anilines is 2. The molecule has 0 radical (unpaired) electrons. The number of hydrogen-bond acceptors (Lipinski definition) is 3. The zero-order valence-corrected chi connectivity index (χ0v) is 16.3. The van der Waals surface area contributed by atoms with Crippen molar-refractivity contribution in [1.82, 2.24) is 0 Å². The number of nitriles is 1. The fourth-order valence-electron chi connectivity index (χ4n) is 3.45. The van der Waals surface area contributed by atoms with E-state index in [1.807, 2.05) is 30.3 Å². The minimum atomic E-state index is -0.449. The Kier molecular flexibility index (Phi) is 6.85. The predicted octanol–water partition coefficient (Wildman–Crippen LogP) is 2.13. The van der Waals surface area contributed by atoms with Crippen LogP contribution in [0.4, 0.5) is 15.8 Å². The van der Waals surface area contributed by atoms with E-state index in [2.05, 4.69) is 4.90 Å². The molecular weight excluding hydrogens is 379 g/mol. The predicted molar refractivity (Wildman–Crippen MR) is 108 cm³/mol. The lowest BCUT2D eigenvalue weighted by molar-refractivity contribution is -0.892. The number of carbonyl (C=O) groups excluding carboxylic acids is 1. The molecule has 0 aliphatic carbocycles. The Morgan fingerprint density at radius 2 is 1.96 bits per heavy atom. The normalized spacial score (nSPS) is 14.5. The van der Waals surface area contributed by atoms with Gasteiger partial charge in [-0.2, -0.15) is 5.26 Å². The van der Waals surface area contributed by atoms with E-state index >= 15 is 0 Å². The first-order valence-corrected chi connectivity index (χ1v) is 9.72. The van der Waals surface area contributed by atoms with Crippen molar-refractivity contribution in [2.75, 3.05) is 49.1 Å². The highest BCUT2D eigenvalue weighted by atomic mass is 35.5. The maximum atomic E-state index is 14.2. The van der Waals surface area contributed by atoms with Gasteiger partial charge >= 0.3 is 0 Å². The standard InChI is InChI=1S/C21H22ClFN4O/c22-17-5-3-6-18(15-17)26-13-11-25(12-14-26)16-21(28)27(10-4-9-24)20-8-2-1-7-19(20)23/h1-3,5-8,15H,4,10-14,16H2/p+1. The molecule has 0 spiro atoms. The van der Waals surface area contributed by atoms with E-state index in [0.29, 0.717) is 5.02 Å². The highest BCUT2D eigenvalue weighted by Gasteiger charge is 2.26. The molecule has 1 N–H and O–H groups in total. The van der Waals surface area contributed by atoms with Crippen molar-refractivity contribution in [1.29, 1.82) is 5.26 Å². The maximum absolute atomic E-state index is 14.2. The zero-order valence-electron chi connectivity index (χ0n) is 15.6. The summed E-state index contributed by atoms with van der Waals surface area (Å²) in [6, 6.07) is 16.0. The number of carbonyl (C=O) groups is 1. The Bertz CT molecular complexity index is 861. The Hall–Kier alpha value is -2.62.